The maximum Gasteiger partial charge on any atom is 0.277 e. The molecule has 0 saturated carbocycles. The van der Waals surface area contributed by atoms with Gasteiger partial charge >= 0.3 is 0 Å². The van der Waals surface area contributed by atoms with Crippen molar-refractivity contribution < 1.29 is 9.18 Å². The Morgan fingerprint density at radius 2 is 2.17 bits per heavy atom. The fraction of sp³-hybridized carbons (Fsp3) is 0.250. The lowest BCUT2D eigenvalue weighted by atomic mass is 10.3. The van der Waals surface area contributed by atoms with Crippen LogP contribution in [0.4, 0.5) is 16.0 Å². The molecule has 0 bridgehead atoms. The number of nitrogens with one attached hydrogen (secondary N) is 1. The van der Waals surface area contributed by atoms with E-state index in [4.69, 9.17) is 0 Å². The number of halogens is 1. The minimum Gasteiger partial charge on any atom is -0.352 e. The van der Waals surface area contributed by atoms with Gasteiger partial charge in [0.1, 0.15) is 17.8 Å². The van der Waals surface area contributed by atoms with Gasteiger partial charge < -0.3 is 10.2 Å². The first-order valence-corrected chi connectivity index (χ1v) is 7.67. The van der Waals surface area contributed by atoms with Gasteiger partial charge in [0.2, 0.25) is 0 Å². The van der Waals surface area contributed by atoms with Gasteiger partial charge in [0.05, 0.1) is 12.7 Å². The Bertz CT molecular complexity index is 881. The zero-order chi connectivity index (χ0) is 16.5. The molecule has 1 saturated heterocycles. The summed E-state index contributed by atoms with van der Waals surface area (Å²) >= 11 is 0. The lowest BCUT2D eigenvalue weighted by Crippen LogP contribution is -2.23. The molecule has 1 amide bonds. The van der Waals surface area contributed by atoms with Crippen LogP contribution in [0.1, 0.15) is 16.9 Å². The zero-order valence-corrected chi connectivity index (χ0v) is 12.8. The highest BCUT2D eigenvalue weighted by Gasteiger charge is 2.24. The molecule has 122 valence electrons. The van der Waals surface area contributed by atoms with Crippen LogP contribution in [-0.2, 0) is 0 Å². The van der Waals surface area contributed by atoms with Crippen molar-refractivity contribution in [2.24, 2.45) is 0 Å². The summed E-state index contributed by atoms with van der Waals surface area (Å²) in [5.41, 5.74) is 0.856. The summed E-state index contributed by atoms with van der Waals surface area (Å²) in [6, 6.07) is 8.82. The van der Waals surface area contributed by atoms with E-state index in [2.05, 4.69) is 20.4 Å². The molecule has 1 aliphatic heterocycles. The predicted molar refractivity (Wildman–Crippen MR) is 86.9 cm³/mol. The molecule has 8 heteroatoms. The predicted octanol–water partition coefficient (Wildman–Crippen LogP) is 1.92. The maximum absolute atomic E-state index is 13.4. The van der Waals surface area contributed by atoms with Crippen molar-refractivity contribution in [3.05, 3.63) is 48.4 Å². The number of aromatic nitrogens is 4. The van der Waals surface area contributed by atoms with Crippen molar-refractivity contribution in [1.29, 1.82) is 0 Å². The van der Waals surface area contributed by atoms with E-state index in [1.165, 1.54) is 10.7 Å². The van der Waals surface area contributed by atoms with E-state index >= 15 is 0 Å². The Morgan fingerprint density at radius 1 is 1.25 bits per heavy atom. The van der Waals surface area contributed by atoms with Gasteiger partial charge in [-0.3, -0.25) is 4.79 Å². The van der Waals surface area contributed by atoms with Crippen LogP contribution >= 0.6 is 0 Å². The minimum atomic E-state index is -0.836. The number of hydrogen-bond donors (Lipinski definition) is 1. The molecular weight excluding hydrogens is 311 g/mol. The highest BCUT2D eigenvalue weighted by atomic mass is 19.1. The summed E-state index contributed by atoms with van der Waals surface area (Å²) in [5, 5.41) is 7.15. The third kappa shape index (κ3) is 2.66. The summed E-state index contributed by atoms with van der Waals surface area (Å²) < 4.78 is 14.9. The summed E-state index contributed by atoms with van der Waals surface area (Å²) in [6.07, 6.45) is 2.72. The van der Waals surface area contributed by atoms with Crippen molar-refractivity contribution in [1.82, 2.24) is 19.6 Å². The summed E-state index contributed by atoms with van der Waals surface area (Å²) in [6.45, 7) is 0.937. The van der Waals surface area contributed by atoms with Crippen LogP contribution in [0.2, 0.25) is 0 Å². The third-order valence-corrected chi connectivity index (χ3v) is 3.94. The van der Waals surface area contributed by atoms with Gasteiger partial charge in [-0.25, -0.2) is 18.9 Å². The molecule has 1 atom stereocenters. The monoisotopic (exact) mass is 326 g/mol. The number of carbonyl (C=O) groups excluding carboxylic acids is 1. The number of rotatable bonds is 3. The molecular formula is C16H15FN6O. The van der Waals surface area contributed by atoms with Crippen molar-refractivity contribution in [2.45, 2.75) is 12.6 Å². The number of carbonyl (C=O) groups is 1. The van der Waals surface area contributed by atoms with Gasteiger partial charge in [-0.05, 0) is 30.7 Å². The number of hydrogen-bond acceptors (Lipinski definition) is 5. The average molecular weight is 326 g/mol. The van der Waals surface area contributed by atoms with E-state index in [1.54, 1.807) is 36.5 Å². The first-order chi connectivity index (χ1) is 11.7. The first kappa shape index (κ1) is 14.6. The Kier molecular flexibility index (Phi) is 3.56. The highest BCUT2D eigenvalue weighted by Crippen LogP contribution is 2.20. The molecule has 0 radical (unpaired) electrons. The van der Waals surface area contributed by atoms with E-state index in [0.29, 0.717) is 42.5 Å². The van der Waals surface area contributed by atoms with Gasteiger partial charge in [-0.15, -0.1) is 5.10 Å². The molecule has 24 heavy (non-hydrogen) atoms. The number of pyridine rings is 1. The first-order valence-electron chi connectivity index (χ1n) is 7.67. The van der Waals surface area contributed by atoms with Gasteiger partial charge in [0, 0.05) is 12.7 Å². The van der Waals surface area contributed by atoms with Crippen molar-refractivity contribution in [3.63, 3.8) is 0 Å². The van der Waals surface area contributed by atoms with Crippen LogP contribution in [-0.4, -0.2) is 44.8 Å². The minimum absolute atomic E-state index is 0.300. The summed E-state index contributed by atoms with van der Waals surface area (Å²) in [5.74, 6) is 0.733. The zero-order valence-electron chi connectivity index (χ0n) is 12.8. The second kappa shape index (κ2) is 5.88. The molecule has 0 spiro atoms. The lowest BCUT2D eigenvalue weighted by Gasteiger charge is -2.16. The smallest absolute Gasteiger partial charge is 0.277 e. The number of amides is 1. The van der Waals surface area contributed by atoms with Crippen LogP contribution in [0.15, 0.2) is 42.7 Å². The number of nitrogens with zero attached hydrogens (tertiary/aromatic N) is 5. The number of anilines is 2. The second-order valence-electron chi connectivity index (χ2n) is 5.61. The Morgan fingerprint density at radius 3 is 2.92 bits per heavy atom. The van der Waals surface area contributed by atoms with Crippen LogP contribution in [0, 0.1) is 0 Å². The second-order valence-corrected chi connectivity index (χ2v) is 5.61. The van der Waals surface area contributed by atoms with Crippen molar-refractivity contribution in [3.8, 4) is 0 Å². The molecule has 4 heterocycles. The standard InChI is InChI=1S/C16H15FN6O/c17-11-6-8-22(10-11)15-5-4-14-19-9-12(23(14)21-15)16(24)20-13-3-1-2-7-18-13/h1-5,7,9,11H,6,8,10H2,(H,18,20,24). The van der Waals surface area contributed by atoms with Crippen molar-refractivity contribution >= 4 is 23.2 Å². The Labute approximate surface area is 137 Å². The number of alkyl halides is 1. The molecule has 1 fully saturated rings. The average Bonchev–Trinajstić information content (AvgIpc) is 3.21. The number of fused-ring (bicyclic) bond motifs is 1. The lowest BCUT2D eigenvalue weighted by molar-refractivity contribution is 0.102. The van der Waals surface area contributed by atoms with E-state index in [0.717, 1.165) is 0 Å². The third-order valence-electron chi connectivity index (χ3n) is 3.94. The van der Waals surface area contributed by atoms with Crippen LogP contribution in [0.5, 0.6) is 0 Å². The summed E-state index contributed by atoms with van der Waals surface area (Å²) in [4.78, 5) is 22.6. The maximum atomic E-state index is 13.4. The fourth-order valence-corrected chi connectivity index (χ4v) is 2.73. The highest BCUT2D eigenvalue weighted by molar-refractivity contribution is 6.02. The molecule has 1 aliphatic rings. The van der Waals surface area contributed by atoms with E-state index in [9.17, 15) is 9.18 Å². The van der Waals surface area contributed by atoms with Crippen molar-refractivity contribution in [2.75, 3.05) is 23.3 Å². The van der Waals surface area contributed by atoms with Gasteiger partial charge in [0.25, 0.3) is 5.91 Å². The van der Waals surface area contributed by atoms with Gasteiger partial charge in [-0.2, -0.15) is 0 Å². The van der Waals surface area contributed by atoms with E-state index < -0.39 is 6.17 Å². The Hall–Kier alpha value is -3.03. The summed E-state index contributed by atoms with van der Waals surface area (Å²) in [7, 11) is 0. The largest absolute Gasteiger partial charge is 0.352 e. The molecule has 0 aromatic carbocycles. The fourth-order valence-electron chi connectivity index (χ4n) is 2.73. The van der Waals surface area contributed by atoms with Crippen LogP contribution < -0.4 is 10.2 Å². The molecule has 3 aromatic heterocycles. The molecule has 4 rings (SSSR count). The van der Waals surface area contributed by atoms with E-state index in [-0.39, 0.29) is 5.91 Å². The number of imidazole rings is 1. The molecule has 1 unspecified atom stereocenters. The van der Waals surface area contributed by atoms with Gasteiger partial charge in [-0.1, -0.05) is 6.07 Å². The Balaban J connectivity index is 1.64. The SMILES string of the molecule is O=C(Nc1ccccn1)c1cnc2ccc(N3CCC(F)C3)nn12. The topological polar surface area (TPSA) is 75.4 Å². The van der Waals surface area contributed by atoms with Crippen LogP contribution in [0.25, 0.3) is 5.65 Å². The molecule has 3 aromatic rings. The normalized spacial score (nSPS) is 17.4. The molecule has 0 aliphatic carbocycles. The van der Waals surface area contributed by atoms with Gasteiger partial charge in [0.15, 0.2) is 11.3 Å². The molecule has 1 N–H and O–H groups in total. The quantitative estimate of drug-likeness (QED) is 0.796. The molecule has 7 nitrogen and oxygen atoms in total. The van der Waals surface area contributed by atoms with Crippen LogP contribution in [0.3, 0.4) is 0 Å². The van der Waals surface area contributed by atoms with E-state index in [1.807, 2.05) is 4.90 Å².